The van der Waals surface area contributed by atoms with Crippen molar-refractivity contribution in [2.45, 2.75) is 6.29 Å². The van der Waals surface area contributed by atoms with Crippen molar-refractivity contribution in [1.29, 1.82) is 0 Å². The number of thiazole rings is 2. The molecule has 12 heteroatoms. The average molecular weight is 407 g/mol. The van der Waals surface area contributed by atoms with Gasteiger partial charge in [0.1, 0.15) is 16.4 Å². The molecule has 4 heterocycles. The summed E-state index contributed by atoms with van der Waals surface area (Å²) in [6.45, 7) is 0. The van der Waals surface area contributed by atoms with Gasteiger partial charge in [0.2, 0.25) is 5.95 Å². The number of carbonyl (C=O) groups is 1. The lowest BCUT2D eigenvalue weighted by molar-refractivity contribution is -0.286. The minimum Gasteiger partial charge on any atom is -0.395 e. The number of benzene rings is 1. The van der Waals surface area contributed by atoms with Crippen LogP contribution in [0.4, 0.5) is 14.7 Å². The van der Waals surface area contributed by atoms with E-state index >= 15 is 0 Å². The second-order valence-electron chi connectivity index (χ2n) is 5.43. The summed E-state index contributed by atoms with van der Waals surface area (Å²) in [5, 5.41) is 6.68. The molecule has 27 heavy (non-hydrogen) atoms. The van der Waals surface area contributed by atoms with Gasteiger partial charge in [0, 0.05) is 22.9 Å². The monoisotopic (exact) mass is 407 g/mol. The van der Waals surface area contributed by atoms with Gasteiger partial charge >= 0.3 is 6.29 Å². The molecule has 8 nitrogen and oxygen atoms in total. The fraction of sp³-hybridized carbons (Fsp3) is 0.0667. The Bertz CT molecular complexity index is 1130. The molecule has 1 aromatic carbocycles. The van der Waals surface area contributed by atoms with Gasteiger partial charge in [-0.2, -0.15) is 0 Å². The number of rotatable bonds is 3. The number of anilines is 1. The third-order valence-electron chi connectivity index (χ3n) is 3.63. The third kappa shape index (κ3) is 2.88. The first-order chi connectivity index (χ1) is 13.0. The van der Waals surface area contributed by atoms with Gasteiger partial charge in [-0.25, -0.2) is 15.0 Å². The number of hydrogen-bond donors (Lipinski definition) is 2. The molecule has 136 valence electrons. The molecule has 1 aliphatic rings. The molecule has 1 aliphatic heterocycles. The summed E-state index contributed by atoms with van der Waals surface area (Å²) < 4.78 is 35.0. The van der Waals surface area contributed by atoms with Crippen LogP contribution in [-0.4, -0.2) is 32.1 Å². The van der Waals surface area contributed by atoms with Crippen molar-refractivity contribution in [3.63, 3.8) is 0 Å². The smallest absolute Gasteiger partial charge is 0.395 e. The van der Waals surface area contributed by atoms with Gasteiger partial charge in [-0.3, -0.25) is 10.1 Å². The number of H-pyrrole nitrogens is 1. The molecule has 3 aromatic heterocycles. The van der Waals surface area contributed by atoms with Crippen LogP contribution in [0.1, 0.15) is 10.5 Å². The molecule has 0 radical (unpaired) electrons. The van der Waals surface area contributed by atoms with E-state index in [0.29, 0.717) is 21.7 Å². The number of aromatic nitrogens is 4. The molecule has 1 amide bonds. The zero-order valence-electron chi connectivity index (χ0n) is 13.0. The van der Waals surface area contributed by atoms with Crippen molar-refractivity contribution in [3.8, 4) is 22.2 Å². The van der Waals surface area contributed by atoms with Gasteiger partial charge in [-0.15, -0.1) is 31.5 Å². The Hall–Kier alpha value is -3.12. The Morgan fingerprint density at radius 1 is 1.19 bits per heavy atom. The number of halogens is 2. The molecule has 4 aromatic rings. The van der Waals surface area contributed by atoms with Crippen LogP contribution in [0, 0.1) is 0 Å². The normalized spacial score (nSPS) is 14.6. The van der Waals surface area contributed by atoms with Crippen molar-refractivity contribution >= 4 is 45.6 Å². The van der Waals surface area contributed by atoms with E-state index in [2.05, 4.69) is 34.7 Å². The predicted molar refractivity (Wildman–Crippen MR) is 93.5 cm³/mol. The Balaban J connectivity index is 1.38. The predicted octanol–water partition coefficient (Wildman–Crippen LogP) is 3.72. The lowest BCUT2D eigenvalue weighted by atomic mass is 10.3. The molecule has 0 spiro atoms. The number of ether oxygens (including phenoxy) is 2. The summed E-state index contributed by atoms with van der Waals surface area (Å²) in [6.07, 6.45) is -3.70. The van der Waals surface area contributed by atoms with Crippen LogP contribution in [-0.2, 0) is 0 Å². The minimum absolute atomic E-state index is 0.110. The van der Waals surface area contributed by atoms with Gasteiger partial charge in [-0.1, -0.05) is 0 Å². The van der Waals surface area contributed by atoms with E-state index in [-0.39, 0.29) is 23.1 Å². The molecule has 0 fully saturated rings. The second-order valence-corrected chi connectivity index (χ2v) is 7.01. The molecule has 5 rings (SSSR count). The lowest BCUT2D eigenvalue weighted by Gasteiger charge is -2.04. The molecule has 0 unspecified atom stereocenters. The molecule has 0 saturated carbocycles. The Labute approximate surface area is 156 Å². The van der Waals surface area contributed by atoms with Crippen molar-refractivity contribution < 1.29 is 23.0 Å². The van der Waals surface area contributed by atoms with Crippen LogP contribution in [0.2, 0.25) is 0 Å². The fourth-order valence-corrected chi connectivity index (χ4v) is 3.88. The molecule has 0 saturated heterocycles. The second kappa shape index (κ2) is 5.69. The average Bonchev–Trinajstić information content (AvgIpc) is 3.36. The highest BCUT2D eigenvalue weighted by Crippen LogP contribution is 2.42. The van der Waals surface area contributed by atoms with Crippen LogP contribution in [0.25, 0.3) is 21.7 Å². The fourth-order valence-electron chi connectivity index (χ4n) is 2.50. The number of fused-ring (bicyclic) bond motifs is 2. The van der Waals surface area contributed by atoms with Crippen molar-refractivity contribution in [2.24, 2.45) is 0 Å². The standard InChI is InChI=1S/C15H7F2N5O3S2/c16-15(17)24-10-1-6-7(2-11(10)25-15)21-14(20-6)22-12(23)8-4-27-13(19-8)9-3-26-5-18-9/h1-5H,(H2,20,21,22,23). The Kier molecular flexibility index (Phi) is 3.39. The first-order valence-corrected chi connectivity index (χ1v) is 9.24. The highest BCUT2D eigenvalue weighted by molar-refractivity contribution is 7.14. The van der Waals surface area contributed by atoms with Crippen LogP contribution >= 0.6 is 22.7 Å². The molecule has 0 aliphatic carbocycles. The Morgan fingerprint density at radius 3 is 2.78 bits per heavy atom. The van der Waals surface area contributed by atoms with Gasteiger partial charge in [0.15, 0.2) is 11.5 Å². The summed E-state index contributed by atoms with van der Waals surface area (Å²) in [5.41, 5.74) is 3.36. The number of imidazole rings is 1. The lowest BCUT2D eigenvalue weighted by Crippen LogP contribution is -2.25. The molecular weight excluding hydrogens is 400 g/mol. The third-order valence-corrected chi connectivity index (χ3v) is 5.08. The van der Waals surface area contributed by atoms with Gasteiger partial charge in [0.05, 0.1) is 16.5 Å². The molecular formula is C15H7F2N5O3S2. The Morgan fingerprint density at radius 2 is 2.00 bits per heavy atom. The zero-order valence-corrected chi connectivity index (χ0v) is 14.7. The molecule has 2 N–H and O–H groups in total. The number of nitrogens with zero attached hydrogens (tertiary/aromatic N) is 3. The number of aromatic amines is 1. The van der Waals surface area contributed by atoms with Gasteiger partial charge < -0.3 is 14.5 Å². The molecule has 0 atom stereocenters. The summed E-state index contributed by atoms with van der Waals surface area (Å²) >= 11 is 2.74. The number of nitrogens with one attached hydrogen (secondary N) is 2. The number of alkyl halides is 2. The maximum Gasteiger partial charge on any atom is 0.586 e. The SMILES string of the molecule is O=C(Nc1nc2cc3c(cc2[nH]1)OC(F)(F)O3)c1csc(-c2cscn2)n1. The van der Waals surface area contributed by atoms with E-state index in [0.717, 1.165) is 0 Å². The molecule has 0 bridgehead atoms. The highest BCUT2D eigenvalue weighted by Gasteiger charge is 2.43. The topological polar surface area (TPSA) is 102 Å². The van der Waals surface area contributed by atoms with E-state index in [9.17, 15) is 13.6 Å². The van der Waals surface area contributed by atoms with E-state index in [1.807, 2.05) is 5.38 Å². The first kappa shape index (κ1) is 16.1. The maximum absolute atomic E-state index is 13.1. The van der Waals surface area contributed by atoms with Crippen LogP contribution in [0.15, 0.2) is 28.4 Å². The highest BCUT2D eigenvalue weighted by atomic mass is 32.1. The number of carbonyl (C=O) groups excluding carboxylic acids is 1. The quantitative estimate of drug-likeness (QED) is 0.537. The summed E-state index contributed by atoms with van der Waals surface area (Å²) in [5.74, 6) is -0.544. The summed E-state index contributed by atoms with van der Waals surface area (Å²) in [7, 11) is 0. The number of amides is 1. The number of hydrogen-bond acceptors (Lipinski definition) is 8. The van der Waals surface area contributed by atoms with Gasteiger partial charge in [-0.05, 0) is 0 Å². The minimum atomic E-state index is -3.70. The zero-order chi connectivity index (χ0) is 18.6. The van der Waals surface area contributed by atoms with Crippen molar-refractivity contribution in [1.82, 2.24) is 19.9 Å². The van der Waals surface area contributed by atoms with Crippen LogP contribution < -0.4 is 14.8 Å². The van der Waals surface area contributed by atoms with E-state index < -0.39 is 12.2 Å². The van der Waals surface area contributed by atoms with Crippen LogP contribution in [0.5, 0.6) is 11.5 Å². The largest absolute Gasteiger partial charge is 0.586 e. The van der Waals surface area contributed by atoms with Crippen LogP contribution in [0.3, 0.4) is 0 Å². The van der Waals surface area contributed by atoms with Gasteiger partial charge in [0.25, 0.3) is 5.91 Å². The maximum atomic E-state index is 13.1. The first-order valence-electron chi connectivity index (χ1n) is 7.42. The van der Waals surface area contributed by atoms with E-state index in [1.165, 1.54) is 34.8 Å². The van der Waals surface area contributed by atoms with Crippen molar-refractivity contribution in [2.75, 3.05) is 5.32 Å². The van der Waals surface area contributed by atoms with Crippen molar-refractivity contribution in [3.05, 3.63) is 34.1 Å². The van der Waals surface area contributed by atoms with E-state index in [4.69, 9.17) is 0 Å². The summed E-state index contributed by atoms with van der Waals surface area (Å²) in [4.78, 5) is 27.8. The summed E-state index contributed by atoms with van der Waals surface area (Å²) in [6, 6.07) is 2.64. The van der Waals surface area contributed by atoms with E-state index in [1.54, 1.807) is 10.9 Å².